The molecule has 0 unspecified atom stereocenters. The van der Waals surface area contributed by atoms with Crippen LogP contribution in [0.4, 0.5) is 0 Å². The number of nitrogens with one attached hydrogen (secondary N) is 1. The number of hydrogen-bond acceptors (Lipinski definition) is 3. The molecule has 0 amide bonds. The summed E-state index contributed by atoms with van der Waals surface area (Å²) in [5.74, 6) is 0.765. The standard InChI is InChI=1S/C9H12N4/c1-9(2,10)8-12-6-4-3-5-11-7(6)13-8/h3-5H,10H2,1-2H3,(H,11,12,13). The Bertz CT molecular complexity index is 391. The van der Waals surface area contributed by atoms with Gasteiger partial charge in [-0.1, -0.05) is 0 Å². The highest BCUT2D eigenvalue weighted by Crippen LogP contribution is 2.16. The molecule has 0 fully saturated rings. The normalized spacial score (nSPS) is 12.2. The van der Waals surface area contributed by atoms with Crippen molar-refractivity contribution in [3.8, 4) is 0 Å². The van der Waals surface area contributed by atoms with E-state index < -0.39 is 5.54 Å². The van der Waals surface area contributed by atoms with Crippen LogP contribution in [-0.2, 0) is 5.54 Å². The van der Waals surface area contributed by atoms with Gasteiger partial charge in [-0.05, 0) is 26.0 Å². The average molecular weight is 176 g/mol. The molecule has 0 radical (unpaired) electrons. The van der Waals surface area contributed by atoms with Gasteiger partial charge in [-0.25, -0.2) is 9.97 Å². The zero-order chi connectivity index (χ0) is 9.47. The van der Waals surface area contributed by atoms with Crippen molar-refractivity contribution in [3.63, 3.8) is 0 Å². The first kappa shape index (κ1) is 8.19. The van der Waals surface area contributed by atoms with E-state index >= 15 is 0 Å². The first-order valence-corrected chi connectivity index (χ1v) is 4.17. The number of H-pyrrole nitrogens is 1. The van der Waals surface area contributed by atoms with Crippen molar-refractivity contribution in [1.29, 1.82) is 0 Å². The van der Waals surface area contributed by atoms with Crippen molar-refractivity contribution in [3.05, 3.63) is 24.2 Å². The molecule has 0 aromatic carbocycles. The molecule has 0 saturated carbocycles. The Morgan fingerprint density at radius 2 is 2.23 bits per heavy atom. The summed E-state index contributed by atoms with van der Waals surface area (Å²) in [6.07, 6.45) is 1.72. The summed E-state index contributed by atoms with van der Waals surface area (Å²) in [6, 6.07) is 3.80. The number of hydrogen-bond donors (Lipinski definition) is 2. The molecule has 0 atom stereocenters. The molecule has 68 valence electrons. The summed E-state index contributed by atoms with van der Waals surface area (Å²) in [7, 11) is 0. The fourth-order valence-electron chi connectivity index (χ4n) is 1.15. The van der Waals surface area contributed by atoms with Crippen LogP contribution in [0.1, 0.15) is 19.7 Å². The topological polar surface area (TPSA) is 67.6 Å². The van der Waals surface area contributed by atoms with E-state index in [2.05, 4.69) is 15.0 Å². The molecular formula is C9H12N4. The number of nitrogens with zero attached hydrogens (tertiary/aromatic N) is 2. The van der Waals surface area contributed by atoms with Gasteiger partial charge in [0.2, 0.25) is 0 Å². The largest absolute Gasteiger partial charge is 0.339 e. The maximum absolute atomic E-state index is 5.90. The molecule has 2 aromatic rings. The highest BCUT2D eigenvalue weighted by atomic mass is 15.0. The molecule has 13 heavy (non-hydrogen) atoms. The van der Waals surface area contributed by atoms with Gasteiger partial charge in [-0.3, -0.25) is 0 Å². The lowest BCUT2D eigenvalue weighted by molar-refractivity contribution is 0.522. The minimum absolute atomic E-state index is 0.444. The maximum atomic E-state index is 5.90. The van der Waals surface area contributed by atoms with Crippen molar-refractivity contribution in [2.24, 2.45) is 5.73 Å². The van der Waals surface area contributed by atoms with Gasteiger partial charge in [-0.2, -0.15) is 0 Å². The number of aromatic amines is 1. The summed E-state index contributed by atoms with van der Waals surface area (Å²) >= 11 is 0. The summed E-state index contributed by atoms with van der Waals surface area (Å²) in [5.41, 5.74) is 7.10. The monoisotopic (exact) mass is 176 g/mol. The summed E-state index contributed by atoms with van der Waals surface area (Å²) in [6.45, 7) is 3.81. The average Bonchev–Trinajstić information content (AvgIpc) is 2.45. The van der Waals surface area contributed by atoms with Crippen molar-refractivity contribution in [2.75, 3.05) is 0 Å². The van der Waals surface area contributed by atoms with E-state index in [9.17, 15) is 0 Å². The van der Waals surface area contributed by atoms with Crippen LogP contribution in [0.2, 0.25) is 0 Å². The van der Waals surface area contributed by atoms with Gasteiger partial charge in [0.1, 0.15) is 5.82 Å². The van der Waals surface area contributed by atoms with Crippen LogP contribution in [0, 0.1) is 0 Å². The number of imidazole rings is 1. The number of nitrogens with two attached hydrogens (primary N) is 1. The van der Waals surface area contributed by atoms with Crippen molar-refractivity contribution >= 4 is 11.2 Å². The molecule has 0 bridgehead atoms. The van der Waals surface area contributed by atoms with Crippen LogP contribution in [0.5, 0.6) is 0 Å². The third-order valence-electron chi connectivity index (χ3n) is 1.87. The lowest BCUT2D eigenvalue weighted by Gasteiger charge is -2.13. The zero-order valence-electron chi connectivity index (χ0n) is 7.70. The fraction of sp³-hybridized carbons (Fsp3) is 0.333. The second-order valence-corrected chi connectivity index (χ2v) is 3.68. The minimum Gasteiger partial charge on any atom is -0.339 e. The van der Waals surface area contributed by atoms with Crippen molar-refractivity contribution in [2.45, 2.75) is 19.4 Å². The molecule has 0 saturated heterocycles. The molecule has 2 rings (SSSR count). The SMILES string of the molecule is CC(C)(N)c1nc2ncccc2[nH]1. The number of pyridine rings is 1. The second-order valence-electron chi connectivity index (χ2n) is 3.68. The quantitative estimate of drug-likeness (QED) is 0.685. The van der Waals surface area contributed by atoms with E-state index in [0.717, 1.165) is 17.0 Å². The summed E-state index contributed by atoms with van der Waals surface area (Å²) < 4.78 is 0. The number of rotatable bonds is 1. The molecule has 4 nitrogen and oxygen atoms in total. The number of aromatic nitrogens is 3. The van der Waals surface area contributed by atoms with Gasteiger partial charge in [0.25, 0.3) is 0 Å². The highest BCUT2D eigenvalue weighted by molar-refractivity contribution is 5.70. The Kier molecular flexibility index (Phi) is 1.60. The second kappa shape index (κ2) is 2.53. The smallest absolute Gasteiger partial charge is 0.177 e. The number of fused-ring (bicyclic) bond motifs is 1. The Morgan fingerprint density at radius 3 is 2.85 bits per heavy atom. The molecule has 0 aliphatic heterocycles. The maximum Gasteiger partial charge on any atom is 0.177 e. The molecule has 4 heteroatoms. The minimum atomic E-state index is -0.444. The van der Waals surface area contributed by atoms with Gasteiger partial charge in [0, 0.05) is 6.20 Å². The lowest BCUT2D eigenvalue weighted by Crippen LogP contribution is -2.30. The Hall–Kier alpha value is -1.42. The van der Waals surface area contributed by atoms with Crippen LogP contribution < -0.4 is 5.73 Å². The van der Waals surface area contributed by atoms with E-state index in [1.54, 1.807) is 6.20 Å². The Labute approximate surface area is 76.2 Å². The molecule has 0 aliphatic rings. The molecule has 2 aromatic heterocycles. The van der Waals surface area contributed by atoms with Crippen LogP contribution in [-0.4, -0.2) is 15.0 Å². The zero-order valence-corrected chi connectivity index (χ0v) is 7.70. The predicted molar refractivity (Wildman–Crippen MR) is 51.1 cm³/mol. The van der Waals surface area contributed by atoms with Gasteiger partial charge in [-0.15, -0.1) is 0 Å². The molecule has 2 heterocycles. The first-order chi connectivity index (χ1) is 6.07. The Balaban J connectivity index is 2.63. The lowest BCUT2D eigenvalue weighted by atomic mass is 10.1. The van der Waals surface area contributed by atoms with Crippen LogP contribution >= 0.6 is 0 Å². The highest BCUT2D eigenvalue weighted by Gasteiger charge is 2.18. The van der Waals surface area contributed by atoms with Gasteiger partial charge >= 0.3 is 0 Å². The van der Waals surface area contributed by atoms with Crippen LogP contribution in [0.25, 0.3) is 11.2 Å². The van der Waals surface area contributed by atoms with Crippen LogP contribution in [0.3, 0.4) is 0 Å². The van der Waals surface area contributed by atoms with E-state index in [1.165, 1.54) is 0 Å². The van der Waals surface area contributed by atoms with E-state index in [1.807, 2.05) is 26.0 Å². The fourth-order valence-corrected chi connectivity index (χ4v) is 1.15. The van der Waals surface area contributed by atoms with Crippen molar-refractivity contribution in [1.82, 2.24) is 15.0 Å². The van der Waals surface area contributed by atoms with E-state index in [-0.39, 0.29) is 0 Å². The molecule has 0 aliphatic carbocycles. The van der Waals surface area contributed by atoms with E-state index in [4.69, 9.17) is 5.73 Å². The summed E-state index contributed by atoms with van der Waals surface area (Å²) in [5, 5.41) is 0. The Morgan fingerprint density at radius 1 is 1.46 bits per heavy atom. The third kappa shape index (κ3) is 1.40. The first-order valence-electron chi connectivity index (χ1n) is 4.17. The predicted octanol–water partition coefficient (Wildman–Crippen LogP) is 1.15. The third-order valence-corrected chi connectivity index (χ3v) is 1.87. The van der Waals surface area contributed by atoms with Crippen molar-refractivity contribution < 1.29 is 0 Å². The van der Waals surface area contributed by atoms with Gasteiger partial charge in [0.15, 0.2) is 5.65 Å². The van der Waals surface area contributed by atoms with E-state index in [0.29, 0.717) is 0 Å². The molecule has 0 spiro atoms. The van der Waals surface area contributed by atoms with Gasteiger partial charge < -0.3 is 10.7 Å². The molecule has 3 N–H and O–H groups in total. The molecular weight excluding hydrogens is 164 g/mol. The van der Waals surface area contributed by atoms with Crippen LogP contribution in [0.15, 0.2) is 18.3 Å². The van der Waals surface area contributed by atoms with Gasteiger partial charge in [0.05, 0.1) is 11.1 Å². The summed E-state index contributed by atoms with van der Waals surface area (Å²) in [4.78, 5) is 11.5.